The van der Waals surface area contributed by atoms with E-state index in [4.69, 9.17) is 24.7 Å². The number of carbonyl (C=O) groups excluding carboxylic acids is 3. The Bertz CT molecular complexity index is 836. The highest BCUT2D eigenvalue weighted by Crippen LogP contribution is 2.32. The molecule has 1 saturated heterocycles. The van der Waals surface area contributed by atoms with E-state index in [0.717, 1.165) is 11.3 Å². The molecule has 1 fully saturated rings. The molecule has 0 aliphatic carbocycles. The van der Waals surface area contributed by atoms with E-state index in [1.807, 2.05) is 12.1 Å². The molecule has 34 heavy (non-hydrogen) atoms. The average Bonchev–Trinajstić information content (AvgIpc) is 3.16. The van der Waals surface area contributed by atoms with Crippen LogP contribution in [0.4, 0.5) is 5.69 Å². The summed E-state index contributed by atoms with van der Waals surface area (Å²) in [5, 5.41) is 5.63. The monoisotopic (exact) mass is 478 g/mol. The van der Waals surface area contributed by atoms with Crippen molar-refractivity contribution in [2.75, 3.05) is 71.3 Å². The molecule has 0 bridgehead atoms. The number of carbonyl (C=O) groups is 3. The van der Waals surface area contributed by atoms with Crippen LogP contribution >= 0.6 is 0 Å². The van der Waals surface area contributed by atoms with Crippen molar-refractivity contribution in [1.82, 2.24) is 10.2 Å². The quantitative estimate of drug-likeness (QED) is 0.219. The lowest BCUT2D eigenvalue weighted by atomic mass is 10.0. The number of nitrogens with one attached hydrogen (secondary N) is 2. The Morgan fingerprint density at radius 2 is 1.59 bits per heavy atom. The minimum absolute atomic E-state index is 0.186. The van der Waals surface area contributed by atoms with Crippen molar-refractivity contribution in [3.05, 3.63) is 29.3 Å². The van der Waals surface area contributed by atoms with Gasteiger partial charge in [0.15, 0.2) is 0 Å². The molecule has 1 aromatic carbocycles. The minimum Gasteiger partial charge on any atom is -0.382 e. The number of piperidine rings is 1. The van der Waals surface area contributed by atoms with E-state index in [2.05, 4.69) is 10.6 Å². The third-order valence-electron chi connectivity index (χ3n) is 5.52. The summed E-state index contributed by atoms with van der Waals surface area (Å²) in [6.45, 7) is 5.41. The Kier molecular flexibility index (Phi) is 10.7. The van der Waals surface area contributed by atoms with E-state index in [1.54, 1.807) is 11.0 Å². The lowest BCUT2D eigenvalue weighted by Gasteiger charge is -2.29. The molecular formula is C23H34N4O7. The van der Waals surface area contributed by atoms with Crippen LogP contribution in [0, 0.1) is 0 Å². The fraction of sp³-hybridized carbons (Fsp3) is 0.609. The van der Waals surface area contributed by atoms with Gasteiger partial charge in [0.25, 0.3) is 5.91 Å². The molecular weight excluding hydrogens is 444 g/mol. The first-order valence-corrected chi connectivity index (χ1v) is 11.6. The van der Waals surface area contributed by atoms with Crippen molar-refractivity contribution in [1.29, 1.82) is 0 Å². The normalized spacial score (nSPS) is 17.7. The third kappa shape index (κ3) is 7.47. The van der Waals surface area contributed by atoms with Gasteiger partial charge in [-0.1, -0.05) is 6.07 Å². The fourth-order valence-corrected chi connectivity index (χ4v) is 3.85. The summed E-state index contributed by atoms with van der Waals surface area (Å²) in [5.41, 5.74) is 7.60. The number of fused-ring (bicyclic) bond motifs is 1. The SMILES string of the molecule is NCCOCCOCCOCCOCCNc1cccc2c1CN(C1CCC(=O)NC1=O)C2=O. The van der Waals surface area contributed by atoms with Gasteiger partial charge in [0.2, 0.25) is 11.8 Å². The second-order valence-electron chi connectivity index (χ2n) is 7.90. The Balaban J connectivity index is 1.30. The Labute approximate surface area is 199 Å². The van der Waals surface area contributed by atoms with Gasteiger partial charge < -0.3 is 34.9 Å². The standard InChI is InChI=1S/C23H34N4O7/c24-6-8-31-10-12-33-14-15-34-13-11-32-9-7-25-19-3-1-2-17-18(19)16-27(23(17)30)20-4-5-21(28)26-22(20)29/h1-3,20,25H,4-16,24H2,(H,26,28,29). The van der Waals surface area contributed by atoms with E-state index >= 15 is 0 Å². The summed E-state index contributed by atoms with van der Waals surface area (Å²) in [7, 11) is 0. The van der Waals surface area contributed by atoms with Crippen molar-refractivity contribution in [2.24, 2.45) is 5.73 Å². The van der Waals surface area contributed by atoms with E-state index in [-0.39, 0.29) is 18.2 Å². The Morgan fingerprint density at radius 1 is 0.941 bits per heavy atom. The maximum Gasteiger partial charge on any atom is 0.255 e. The number of anilines is 1. The number of nitrogens with zero attached hydrogens (tertiary/aromatic N) is 1. The second kappa shape index (κ2) is 14.0. The van der Waals surface area contributed by atoms with Crippen molar-refractivity contribution in [3.8, 4) is 0 Å². The zero-order chi connectivity index (χ0) is 24.2. The molecule has 0 saturated carbocycles. The van der Waals surface area contributed by atoms with Crippen LogP contribution in [0.5, 0.6) is 0 Å². The van der Waals surface area contributed by atoms with Gasteiger partial charge >= 0.3 is 0 Å². The highest BCUT2D eigenvalue weighted by Gasteiger charge is 2.39. The van der Waals surface area contributed by atoms with Crippen molar-refractivity contribution >= 4 is 23.4 Å². The molecule has 0 aromatic heterocycles. The Morgan fingerprint density at radius 3 is 2.24 bits per heavy atom. The molecule has 0 radical (unpaired) electrons. The molecule has 1 unspecified atom stereocenters. The molecule has 4 N–H and O–H groups in total. The van der Waals surface area contributed by atoms with Crippen LogP contribution in [0.25, 0.3) is 0 Å². The molecule has 0 spiro atoms. The first-order valence-electron chi connectivity index (χ1n) is 11.6. The number of rotatable bonds is 16. The van der Waals surface area contributed by atoms with E-state index in [9.17, 15) is 14.4 Å². The number of amides is 3. The summed E-state index contributed by atoms with van der Waals surface area (Å²) in [6.07, 6.45) is 0.582. The fourth-order valence-electron chi connectivity index (χ4n) is 3.85. The topological polar surface area (TPSA) is 141 Å². The summed E-state index contributed by atoms with van der Waals surface area (Å²) in [4.78, 5) is 38.0. The van der Waals surface area contributed by atoms with Crippen molar-refractivity contribution in [3.63, 3.8) is 0 Å². The summed E-state index contributed by atoms with van der Waals surface area (Å²) in [5.74, 6) is -0.894. The number of benzene rings is 1. The second-order valence-corrected chi connectivity index (χ2v) is 7.90. The maximum atomic E-state index is 12.9. The van der Waals surface area contributed by atoms with Crippen LogP contribution in [0.2, 0.25) is 0 Å². The molecule has 188 valence electrons. The summed E-state index contributed by atoms with van der Waals surface area (Å²) >= 11 is 0. The first-order chi connectivity index (χ1) is 16.6. The number of nitrogens with two attached hydrogens (primary N) is 1. The zero-order valence-corrected chi connectivity index (χ0v) is 19.4. The van der Waals surface area contributed by atoms with Crippen LogP contribution in [0.15, 0.2) is 18.2 Å². The van der Waals surface area contributed by atoms with Crippen LogP contribution in [-0.4, -0.2) is 94.6 Å². The largest absolute Gasteiger partial charge is 0.382 e. The number of ether oxygens (including phenoxy) is 4. The van der Waals surface area contributed by atoms with Gasteiger partial charge in [0, 0.05) is 42.9 Å². The molecule has 11 heteroatoms. The van der Waals surface area contributed by atoms with Gasteiger partial charge in [-0.15, -0.1) is 0 Å². The molecule has 1 aromatic rings. The van der Waals surface area contributed by atoms with Crippen molar-refractivity contribution in [2.45, 2.75) is 25.4 Å². The molecule has 2 aliphatic rings. The molecule has 11 nitrogen and oxygen atoms in total. The van der Waals surface area contributed by atoms with Crippen LogP contribution < -0.4 is 16.4 Å². The maximum absolute atomic E-state index is 12.9. The minimum atomic E-state index is -0.622. The predicted molar refractivity (Wildman–Crippen MR) is 123 cm³/mol. The summed E-state index contributed by atoms with van der Waals surface area (Å²) < 4.78 is 21.6. The summed E-state index contributed by atoms with van der Waals surface area (Å²) in [6, 6.07) is 4.86. The van der Waals surface area contributed by atoms with Gasteiger partial charge in [-0.3, -0.25) is 19.7 Å². The zero-order valence-electron chi connectivity index (χ0n) is 19.4. The van der Waals surface area contributed by atoms with Gasteiger partial charge in [-0.05, 0) is 18.6 Å². The van der Waals surface area contributed by atoms with Gasteiger partial charge in [0.05, 0.1) is 52.9 Å². The number of hydrogen-bond acceptors (Lipinski definition) is 9. The van der Waals surface area contributed by atoms with Crippen molar-refractivity contribution < 1.29 is 33.3 Å². The molecule has 2 aliphatic heterocycles. The lowest BCUT2D eigenvalue weighted by Crippen LogP contribution is -2.52. The van der Waals surface area contributed by atoms with E-state index in [1.165, 1.54) is 0 Å². The van der Waals surface area contributed by atoms with Crippen LogP contribution in [0.3, 0.4) is 0 Å². The third-order valence-corrected chi connectivity index (χ3v) is 5.52. The van der Waals surface area contributed by atoms with E-state index in [0.29, 0.717) is 84.5 Å². The van der Waals surface area contributed by atoms with Gasteiger partial charge in [-0.2, -0.15) is 0 Å². The lowest BCUT2D eigenvalue weighted by molar-refractivity contribution is -0.136. The van der Waals surface area contributed by atoms with Crippen LogP contribution in [-0.2, 0) is 35.1 Å². The highest BCUT2D eigenvalue weighted by molar-refractivity contribution is 6.06. The molecule has 3 rings (SSSR count). The van der Waals surface area contributed by atoms with E-state index < -0.39 is 11.9 Å². The highest BCUT2D eigenvalue weighted by atomic mass is 16.6. The Hall–Kier alpha value is -2.57. The number of hydrogen-bond donors (Lipinski definition) is 3. The molecule has 1 atom stereocenters. The smallest absolute Gasteiger partial charge is 0.255 e. The van der Waals surface area contributed by atoms with Crippen LogP contribution in [0.1, 0.15) is 28.8 Å². The number of imide groups is 1. The van der Waals surface area contributed by atoms with Gasteiger partial charge in [0.1, 0.15) is 6.04 Å². The molecule has 2 heterocycles. The average molecular weight is 479 g/mol. The first kappa shape index (κ1) is 26.0. The molecule has 3 amide bonds. The predicted octanol–water partition coefficient (Wildman–Crippen LogP) is -0.115. The van der Waals surface area contributed by atoms with Gasteiger partial charge in [-0.25, -0.2) is 0 Å².